The molecule has 5 nitrogen and oxygen atoms in total. The van der Waals surface area contributed by atoms with Crippen LogP contribution in [0.15, 0.2) is 18.2 Å². The number of carboxylic acid groups (broad SMARTS) is 1. The van der Waals surface area contributed by atoms with Gasteiger partial charge in [-0.3, -0.25) is 4.79 Å². The maximum absolute atomic E-state index is 13.7. The molecule has 1 aromatic rings. The molecule has 22 heavy (non-hydrogen) atoms. The second kappa shape index (κ2) is 5.31. The molecule has 2 aliphatic rings. The second-order valence-electron chi connectivity index (χ2n) is 5.79. The lowest BCUT2D eigenvalue weighted by Gasteiger charge is -2.23. The number of nitrogens with one attached hydrogen (secondary N) is 1. The molecule has 1 amide bonds. The van der Waals surface area contributed by atoms with Crippen LogP contribution in [0.25, 0.3) is 0 Å². The molecule has 0 aromatic heterocycles. The fourth-order valence-electron chi connectivity index (χ4n) is 2.84. The van der Waals surface area contributed by atoms with E-state index in [1.165, 1.54) is 0 Å². The molecule has 0 spiro atoms. The van der Waals surface area contributed by atoms with E-state index in [1.807, 2.05) is 0 Å². The zero-order valence-corrected chi connectivity index (χ0v) is 11.6. The van der Waals surface area contributed by atoms with Crippen molar-refractivity contribution >= 4 is 11.9 Å². The van der Waals surface area contributed by atoms with Crippen molar-refractivity contribution in [2.75, 3.05) is 13.2 Å². The number of benzene rings is 1. The van der Waals surface area contributed by atoms with Crippen LogP contribution < -0.4 is 5.32 Å². The van der Waals surface area contributed by atoms with Gasteiger partial charge in [0.2, 0.25) is 5.91 Å². The van der Waals surface area contributed by atoms with E-state index in [1.54, 1.807) is 0 Å². The fourth-order valence-corrected chi connectivity index (χ4v) is 2.84. The van der Waals surface area contributed by atoms with Gasteiger partial charge in [0.25, 0.3) is 0 Å². The molecule has 0 bridgehead atoms. The summed E-state index contributed by atoms with van der Waals surface area (Å²) in [6.07, 6.45) is 0.572. The van der Waals surface area contributed by atoms with Crippen molar-refractivity contribution in [1.82, 2.24) is 5.32 Å². The van der Waals surface area contributed by atoms with Crippen LogP contribution in [0, 0.1) is 17.6 Å². The molecule has 3 rings (SSSR count). The van der Waals surface area contributed by atoms with E-state index >= 15 is 0 Å². The van der Waals surface area contributed by atoms with Gasteiger partial charge in [0, 0.05) is 18.9 Å². The zero-order chi connectivity index (χ0) is 15.9. The molecule has 1 aliphatic carbocycles. The molecule has 3 unspecified atom stereocenters. The lowest BCUT2D eigenvalue weighted by Crippen LogP contribution is -2.55. The summed E-state index contributed by atoms with van der Waals surface area (Å²) in [5, 5.41) is 11.8. The van der Waals surface area contributed by atoms with E-state index in [-0.39, 0.29) is 25.2 Å². The van der Waals surface area contributed by atoms with Crippen molar-refractivity contribution in [3.05, 3.63) is 35.4 Å². The maximum Gasteiger partial charge on any atom is 0.331 e. The predicted molar refractivity (Wildman–Crippen MR) is 71.2 cm³/mol. The standard InChI is InChI=1S/C15H15F2NO4/c16-8-1-2-12(17)10(5-8)9-6-11(9)13(19)18-15(14(20)21)3-4-22-7-15/h1-2,5,9,11H,3-4,6-7H2,(H,18,19)(H,20,21). The number of aliphatic carboxylic acids is 1. The number of rotatable bonds is 4. The van der Waals surface area contributed by atoms with E-state index in [4.69, 9.17) is 4.74 Å². The normalized spacial score (nSPS) is 30.1. The summed E-state index contributed by atoms with van der Waals surface area (Å²) >= 11 is 0. The minimum Gasteiger partial charge on any atom is -0.479 e. The first-order valence-corrected chi connectivity index (χ1v) is 7.01. The monoisotopic (exact) mass is 311 g/mol. The summed E-state index contributed by atoms with van der Waals surface area (Å²) in [7, 11) is 0. The highest BCUT2D eigenvalue weighted by Gasteiger charge is 2.50. The first-order chi connectivity index (χ1) is 10.4. The topological polar surface area (TPSA) is 75.6 Å². The van der Waals surface area contributed by atoms with Crippen molar-refractivity contribution < 1.29 is 28.2 Å². The van der Waals surface area contributed by atoms with E-state index in [2.05, 4.69) is 5.32 Å². The van der Waals surface area contributed by atoms with Crippen LogP contribution in [-0.2, 0) is 14.3 Å². The summed E-state index contributed by atoms with van der Waals surface area (Å²) in [6, 6.07) is 3.13. The van der Waals surface area contributed by atoms with E-state index in [9.17, 15) is 23.5 Å². The molecule has 1 saturated carbocycles. The van der Waals surface area contributed by atoms with Crippen molar-refractivity contribution in [3.8, 4) is 0 Å². The molecule has 2 N–H and O–H groups in total. The van der Waals surface area contributed by atoms with Crippen molar-refractivity contribution in [2.24, 2.45) is 5.92 Å². The molecular weight excluding hydrogens is 296 g/mol. The number of carboxylic acids is 1. The van der Waals surface area contributed by atoms with Gasteiger partial charge in [-0.2, -0.15) is 0 Å². The molecule has 7 heteroatoms. The Morgan fingerprint density at radius 2 is 2.14 bits per heavy atom. The van der Waals surface area contributed by atoms with Gasteiger partial charge in [0.05, 0.1) is 6.61 Å². The molecule has 1 heterocycles. The van der Waals surface area contributed by atoms with Gasteiger partial charge in [-0.25, -0.2) is 13.6 Å². The Hall–Kier alpha value is -2.02. The lowest BCUT2D eigenvalue weighted by atomic mass is 9.98. The number of carbonyl (C=O) groups excluding carboxylic acids is 1. The highest BCUT2D eigenvalue weighted by Crippen LogP contribution is 2.48. The Bertz CT molecular complexity index is 628. The van der Waals surface area contributed by atoms with Gasteiger partial charge in [-0.15, -0.1) is 0 Å². The van der Waals surface area contributed by atoms with Gasteiger partial charge in [0.1, 0.15) is 11.6 Å². The zero-order valence-electron chi connectivity index (χ0n) is 11.6. The third-order valence-corrected chi connectivity index (χ3v) is 4.28. The maximum atomic E-state index is 13.7. The van der Waals surface area contributed by atoms with Crippen LogP contribution in [0.2, 0.25) is 0 Å². The van der Waals surface area contributed by atoms with Crippen molar-refractivity contribution in [3.63, 3.8) is 0 Å². The molecule has 0 radical (unpaired) electrons. The number of amides is 1. The van der Waals surface area contributed by atoms with Crippen LogP contribution in [0.4, 0.5) is 8.78 Å². The van der Waals surface area contributed by atoms with Crippen LogP contribution >= 0.6 is 0 Å². The third kappa shape index (κ3) is 2.56. The summed E-state index contributed by atoms with van der Waals surface area (Å²) in [4.78, 5) is 23.6. The number of halogens is 2. The highest BCUT2D eigenvalue weighted by molar-refractivity contribution is 5.90. The van der Waals surface area contributed by atoms with Crippen LogP contribution in [0.3, 0.4) is 0 Å². The SMILES string of the molecule is O=C(NC1(C(=O)O)CCOC1)C1CC1c1cc(F)ccc1F. The lowest BCUT2D eigenvalue weighted by molar-refractivity contribution is -0.147. The van der Waals surface area contributed by atoms with Crippen LogP contribution in [-0.4, -0.2) is 35.7 Å². The number of hydrogen-bond acceptors (Lipinski definition) is 3. The van der Waals surface area contributed by atoms with Crippen molar-refractivity contribution in [1.29, 1.82) is 0 Å². The first kappa shape index (κ1) is 14.9. The number of ether oxygens (including phenoxy) is 1. The van der Waals surface area contributed by atoms with Crippen LogP contribution in [0.1, 0.15) is 24.3 Å². The van der Waals surface area contributed by atoms with Crippen molar-refractivity contribution in [2.45, 2.75) is 24.3 Å². The largest absolute Gasteiger partial charge is 0.479 e. The molecule has 2 fully saturated rings. The fraction of sp³-hybridized carbons (Fsp3) is 0.467. The minimum absolute atomic E-state index is 0.0835. The van der Waals surface area contributed by atoms with E-state index < -0.39 is 40.9 Å². The van der Waals surface area contributed by atoms with Gasteiger partial charge < -0.3 is 15.2 Å². The van der Waals surface area contributed by atoms with Gasteiger partial charge in [-0.1, -0.05) is 0 Å². The summed E-state index contributed by atoms with van der Waals surface area (Å²) in [5.74, 6) is -3.67. The summed E-state index contributed by atoms with van der Waals surface area (Å²) < 4.78 is 32.0. The summed E-state index contributed by atoms with van der Waals surface area (Å²) in [5.41, 5.74) is -1.25. The molecule has 118 valence electrons. The molecule has 1 aromatic carbocycles. The first-order valence-electron chi connectivity index (χ1n) is 7.01. The van der Waals surface area contributed by atoms with Gasteiger partial charge in [0.15, 0.2) is 5.54 Å². The minimum atomic E-state index is -1.41. The summed E-state index contributed by atoms with van der Waals surface area (Å²) in [6.45, 7) is 0.180. The Balaban J connectivity index is 1.70. The Labute approximate surface area is 125 Å². The average Bonchev–Trinajstić information content (AvgIpc) is 3.13. The average molecular weight is 311 g/mol. The molecule has 1 aliphatic heterocycles. The third-order valence-electron chi connectivity index (χ3n) is 4.28. The predicted octanol–water partition coefficient (Wildman–Crippen LogP) is 1.43. The second-order valence-corrected chi connectivity index (χ2v) is 5.79. The van der Waals surface area contributed by atoms with E-state index in [0.29, 0.717) is 6.42 Å². The Morgan fingerprint density at radius 3 is 2.77 bits per heavy atom. The quantitative estimate of drug-likeness (QED) is 0.882. The Morgan fingerprint density at radius 1 is 1.36 bits per heavy atom. The molecular formula is C15H15F2NO4. The van der Waals surface area contributed by atoms with Gasteiger partial charge >= 0.3 is 5.97 Å². The van der Waals surface area contributed by atoms with Crippen LogP contribution in [0.5, 0.6) is 0 Å². The van der Waals surface area contributed by atoms with Gasteiger partial charge in [-0.05, 0) is 36.1 Å². The number of carbonyl (C=O) groups is 2. The smallest absolute Gasteiger partial charge is 0.331 e. The molecule has 3 atom stereocenters. The highest BCUT2D eigenvalue weighted by atomic mass is 19.1. The Kier molecular flexibility index (Phi) is 3.60. The number of hydrogen-bond donors (Lipinski definition) is 2. The molecule has 1 saturated heterocycles. The van der Waals surface area contributed by atoms with E-state index in [0.717, 1.165) is 18.2 Å².